The molecule has 1 heterocycles. The van der Waals surface area contributed by atoms with Gasteiger partial charge in [-0.3, -0.25) is 14.5 Å². The van der Waals surface area contributed by atoms with Gasteiger partial charge in [-0.05, 0) is 36.5 Å². The van der Waals surface area contributed by atoms with Gasteiger partial charge in [0, 0.05) is 37.8 Å². The highest BCUT2D eigenvalue weighted by Gasteiger charge is 2.34. The van der Waals surface area contributed by atoms with E-state index in [1.807, 2.05) is 41.3 Å². The first-order chi connectivity index (χ1) is 13.7. The number of carbonyl (C=O) groups excluding carboxylic acids is 2. The highest BCUT2D eigenvalue weighted by molar-refractivity contribution is 5.93. The van der Waals surface area contributed by atoms with Crippen LogP contribution in [0.1, 0.15) is 24.0 Å². The van der Waals surface area contributed by atoms with E-state index in [1.165, 1.54) is 5.56 Å². The molecular weight excluding hydrogens is 350 g/mol. The lowest BCUT2D eigenvalue weighted by molar-refractivity contribution is -0.134. The molecule has 1 saturated carbocycles. The van der Waals surface area contributed by atoms with Crippen LogP contribution in [0, 0.1) is 5.92 Å². The van der Waals surface area contributed by atoms with Crippen LogP contribution in [0.2, 0.25) is 0 Å². The van der Waals surface area contributed by atoms with Crippen LogP contribution in [0.4, 0.5) is 5.69 Å². The second-order valence-corrected chi connectivity index (χ2v) is 7.74. The van der Waals surface area contributed by atoms with Crippen molar-refractivity contribution in [3.63, 3.8) is 0 Å². The standard InChI is InChI=1S/C23H27N3O2/c27-22(17-25-12-14-26(15-13-25)23(28)19-10-11-19)24-21-9-5-4-8-20(21)16-18-6-2-1-3-7-18/h1-9,19H,10-17H2,(H,24,27). The van der Waals surface area contributed by atoms with Crippen molar-refractivity contribution in [2.45, 2.75) is 19.3 Å². The van der Waals surface area contributed by atoms with Crippen LogP contribution in [0.25, 0.3) is 0 Å². The van der Waals surface area contributed by atoms with Gasteiger partial charge in [0.25, 0.3) is 0 Å². The maximum absolute atomic E-state index is 12.6. The smallest absolute Gasteiger partial charge is 0.238 e. The fourth-order valence-corrected chi connectivity index (χ4v) is 3.72. The molecule has 0 aromatic heterocycles. The van der Waals surface area contributed by atoms with E-state index in [0.29, 0.717) is 12.5 Å². The number of amides is 2. The number of nitrogens with one attached hydrogen (secondary N) is 1. The summed E-state index contributed by atoms with van der Waals surface area (Å²) in [6.07, 6.45) is 2.88. The van der Waals surface area contributed by atoms with Crippen molar-refractivity contribution in [2.75, 3.05) is 38.0 Å². The monoisotopic (exact) mass is 377 g/mol. The minimum absolute atomic E-state index is 0.00230. The first kappa shape index (κ1) is 18.7. The number of anilines is 1. The fourth-order valence-electron chi connectivity index (χ4n) is 3.72. The summed E-state index contributed by atoms with van der Waals surface area (Å²) in [4.78, 5) is 28.8. The summed E-state index contributed by atoms with van der Waals surface area (Å²) >= 11 is 0. The van der Waals surface area contributed by atoms with E-state index in [0.717, 1.165) is 56.7 Å². The number of rotatable bonds is 6. The largest absolute Gasteiger partial charge is 0.340 e. The average molecular weight is 377 g/mol. The third-order valence-corrected chi connectivity index (χ3v) is 5.51. The first-order valence-electron chi connectivity index (χ1n) is 10.1. The Bertz CT molecular complexity index is 825. The Balaban J connectivity index is 1.30. The van der Waals surface area contributed by atoms with E-state index >= 15 is 0 Å². The molecule has 0 radical (unpaired) electrons. The molecule has 2 aromatic rings. The zero-order valence-corrected chi connectivity index (χ0v) is 16.1. The molecule has 5 heteroatoms. The molecule has 0 unspecified atom stereocenters. The highest BCUT2D eigenvalue weighted by atomic mass is 16.2. The average Bonchev–Trinajstić information content (AvgIpc) is 3.56. The summed E-state index contributed by atoms with van der Waals surface area (Å²) in [5.41, 5.74) is 3.21. The topological polar surface area (TPSA) is 52.7 Å². The molecule has 1 saturated heterocycles. The molecule has 146 valence electrons. The molecular formula is C23H27N3O2. The van der Waals surface area contributed by atoms with Crippen LogP contribution in [0.5, 0.6) is 0 Å². The van der Waals surface area contributed by atoms with Gasteiger partial charge in [0.2, 0.25) is 11.8 Å². The summed E-state index contributed by atoms with van der Waals surface area (Å²) in [5.74, 6) is 0.581. The van der Waals surface area contributed by atoms with E-state index in [1.54, 1.807) is 0 Å². The van der Waals surface area contributed by atoms with Crippen molar-refractivity contribution in [2.24, 2.45) is 5.92 Å². The number of carbonyl (C=O) groups is 2. The molecule has 1 aliphatic carbocycles. The van der Waals surface area contributed by atoms with Crippen LogP contribution in [-0.4, -0.2) is 54.3 Å². The molecule has 0 atom stereocenters. The van der Waals surface area contributed by atoms with Crippen molar-refractivity contribution < 1.29 is 9.59 Å². The van der Waals surface area contributed by atoms with Gasteiger partial charge in [-0.25, -0.2) is 0 Å². The zero-order chi connectivity index (χ0) is 19.3. The number of hydrogen-bond acceptors (Lipinski definition) is 3. The van der Waals surface area contributed by atoms with Crippen molar-refractivity contribution in [1.29, 1.82) is 0 Å². The predicted octanol–water partition coefficient (Wildman–Crippen LogP) is 2.77. The third kappa shape index (κ3) is 4.78. The summed E-state index contributed by atoms with van der Waals surface area (Å²) in [5, 5.41) is 3.08. The summed E-state index contributed by atoms with van der Waals surface area (Å²) < 4.78 is 0. The molecule has 2 aliphatic rings. The Hall–Kier alpha value is -2.66. The van der Waals surface area contributed by atoms with E-state index in [4.69, 9.17) is 0 Å². The number of para-hydroxylation sites is 1. The summed E-state index contributed by atoms with van der Waals surface area (Å²) in [6.45, 7) is 3.35. The van der Waals surface area contributed by atoms with Crippen molar-refractivity contribution >= 4 is 17.5 Å². The second-order valence-electron chi connectivity index (χ2n) is 7.74. The van der Waals surface area contributed by atoms with Crippen LogP contribution in [0.3, 0.4) is 0 Å². The van der Waals surface area contributed by atoms with Crippen LogP contribution in [-0.2, 0) is 16.0 Å². The number of hydrogen-bond donors (Lipinski definition) is 1. The third-order valence-electron chi connectivity index (χ3n) is 5.51. The SMILES string of the molecule is O=C(CN1CCN(C(=O)C2CC2)CC1)Nc1ccccc1Cc1ccccc1. The zero-order valence-electron chi connectivity index (χ0n) is 16.1. The van der Waals surface area contributed by atoms with Gasteiger partial charge in [-0.1, -0.05) is 48.5 Å². The molecule has 2 fully saturated rings. The molecule has 5 nitrogen and oxygen atoms in total. The number of piperazine rings is 1. The predicted molar refractivity (Wildman–Crippen MR) is 110 cm³/mol. The lowest BCUT2D eigenvalue weighted by Gasteiger charge is -2.34. The molecule has 0 bridgehead atoms. The normalized spacial score (nSPS) is 17.4. The molecule has 4 rings (SSSR count). The Morgan fingerprint density at radius 3 is 2.29 bits per heavy atom. The molecule has 1 aliphatic heterocycles. The lowest BCUT2D eigenvalue weighted by Crippen LogP contribution is -2.50. The van der Waals surface area contributed by atoms with Gasteiger partial charge in [-0.15, -0.1) is 0 Å². The maximum atomic E-state index is 12.6. The van der Waals surface area contributed by atoms with E-state index in [-0.39, 0.29) is 11.8 Å². The number of benzene rings is 2. The van der Waals surface area contributed by atoms with Gasteiger partial charge < -0.3 is 10.2 Å². The first-order valence-corrected chi connectivity index (χ1v) is 10.1. The fraction of sp³-hybridized carbons (Fsp3) is 0.391. The van der Waals surface area contributed by atoms with Crippen molar-refractivity contribution in [3.05, 3.63) is 65.7 Å². The van der Waals surface area contributed by atoms with E-state index in [9.17, 15) is 9.59 Å². The molecule has 2 amide bonds. The molecule has 28 heavy (non-hydrogen) atoms. The van der Waals surface area contributed by atoms with Gasteiger partial charge >= 0.3 is 0 Å². The van der Waals surface area contributed by atoms with E-state index in [2.05, 4.69) is 28.4 Å². The van der Waals surface area contributed by atoms with Crippen LogP contribution in [0.15, 0.2) is 54.6 Å². The lowest BCUT2D eigenvalue weighted by atomic mass is 10.0. The Morgan fingerprint density at radius 1 is 0.893 bits per heavy atom. The Kier molecular flexibility index (Phi) is 5.72. The Labute approximate surface area is 166 Å². The van der Waals surface area contributed by atoms with Crippen molar-refractivity contribution in [3.8, 4) is 0 Å². The van der Waals surface area contributed by atoms with Crippen LogP contribution < -0.4 is 5.32 Å². The summed E-state index contributed by atoms with van der Waals surface area (Å²) in [6, 6.07) is 18.2. The van der Waals surface area contributed by atoms with Crippen molar-refractivity contribution in [1.82, 2.24) is 9.80 Å². The Morgan fingerprint density at radius 2 is 1.57 bits per heavy atom. The molecule has 0 spiro atoms. The quantitative estimate of drug-likeness (QED) is 0.842. The minimum Gasteiger partial charge on any atom is -0.340 e. The summed E-state index contributed by atoms with van der Waals surface area (Å²) in [7, 11) is 0. The highest BCUT2D eigenvalue weighted by Crippen LogP contribution is 2.31. The number of nitrogens with zero attached hydrogens (tertiary/aromatic N) is 2. The molecule has 1 N–H and O–H groups in total. The van der Waals surface area contributed by atoms with Gasteiger partial charge in [0.1, 0.15) is 0 Å². The van der Waals surface area contributed by atoms with Crippen LogP contribution >= 0.6 is 0 Å². The minimum atomic E-state index is 0.00230. The van der Waals surface area contributed by atoms with Gasteiger partial charge in [0.15, 0.2) is 0 Å². The second kappa shape index (κ2) is 8.57. The maximum Gasteiger partial charge on any atom is 0.238 e. The van der Waals surface area contributed by atoms with Gasteiger partial charge in [0.05, 0.1) is 6.54 Å². The molecule has 2 aromatic carbocycles. The van der Waals surface area contributed by atoms with Gasteiger partial charge in [-0.2, -0.15) is 0 Å². The van der Waals surface area contributed by atoms with E-state index < -0.39 is 0 Å².